The molecule has 1 aromatic heterocycles. The van der Waals surface area contributed by atoms with E-state index in [0.717, 1.165) is 0 Å². The van der Waals surface area contributed by atoms with Gasteiger partial charge in [0.05, 0.1) is 24.1 Å². The van der Waals surface area contributed by atoms with Crippen LogP contribution in [0.1, 0.15) is 29.1 Å². The van der Waals surface area contributed by atoms with Crippen molar-refractivity contribution in [2.75, 3.05) is 31.4 Å². The van der Waals surface area contributed by atoms with Crippen LogP contribution >= 0.6 is 11.8 Å². The van der Waals surface area contributed by atoms with Gasteiger partial charge in [-0.3, -0.25) is 14.2 Å². The van der Waals surface area contributed by atoms with E-state index in [4.69, 9.17) is 14.2 Å². The maximum Gasteiger partial charge on any atom is 0.262 e. The van der Waals surface area contributed by atoms with Crippen molar-refractivity contribution < 1.29 is 28.2 Å². The summed E-state index contributed by atoms with van der Waals surface area (Å²) in [4.78, 5) is 24.4. The van der Waals surface area contributed by atoms with Gasteiger partial charge in [0, 0.05) is 12.7 Å². The molecule has 11 heteroatoms. The third-order valence-electron chi connectivity index (χ3n) is 5.04. The number of halogens is 1. The van der Waals surface area contributed by atoms with Crippen molar-refractivity contribution in [2.24, 2.45) is 0 Å². The summed E-state index contributed by atoms with van der Waals surface area (Å²) in [6.07, 6.45) is 0. The number of amides is 1. The van der Waals surface area contributed by atoms with Gasteiger partial charge in [-0.1, -0.05) is 23.9 Å². The molecule has 0 spiro atoms. The van der Waals surface area contributed by atoms with Crippen LogP contribution in [-0.4, -0.2) is 52.5 Å². The van der Waals surface area contributed by atoms with Crippen molar-refractivity contribution in [3.05, 3.63) is 59.7 Å². The first-order valence-electron chi connectivity index (χ1n) is 10.5. The van der Waals surface area contributed by atoms with Crippen LogP contribution in [0.4, 0.5) is 10.1 Å². The Bertz CT molecular complexity index is 1200. The van der Waals surface area contributed by atoms with Gasteiger partial charge < -0.3 is 19.5 Å². The molecule has 2 heterocycles. The number of aromatic nitrogens is 3. The molecule has 0 bridgehead atoms. The van der Waals surface area contributed by atoms with Crippen LogP contribution in [0.2, 0.25) is 0 Å². The number of benzene rings is 2. The maximum atomic E-state index is 13.9. The lowest BCUT2D eigenvalue weighted by molar-refractivity contribution is -0.118. The van der Waals surface area contributed by atoms with Crippen LogP contribution in [0, 0.1) is 5.82 Å². The van der Waals surface area contributed by atoms with Crippen molar-refractivity contribution in [1.82, 2.24) is 14.8 Å². The SMILES string of the molecule is COCC(C)n1c(COc2ccccc2F)nnc1SCC(=O)c1ccc2c(c1)NC(=O)CO2. The minimum Gasteiger partial charge on any atom is -0.483 e. The highest BCUT2D eigenvalue weighted by molar-refractivity contribution is 7.99. The molecule has 0 saturated carbocycles. The normalized spacial score (nSPS) is 13.6. The molecule has 1 aliphatic rings. The van der Waals surface area contributed by atoms with Crippen molar-refractivity contribution in [1.29, 1.82) is 0 Å². The molecule has 9 nitrogen and oxygen atoms in total. The second-order valence-corrected chi connectivity index (χ2v) is 8.49. The molecule has 1 amide bonds. The fraction of sp³-hybridized carbons (Fsp3) is 0.304. The average Bonchev–Trinajstić information content (AvgIpc) is 3.24. The number of fused-ring (bicyclic) bond motifs is 1. The van der Waals surface area contributed by atoms with Crippen molar-refractivity contribution in [2.45, 2.75) is 24.7 Å². The third-order valence-corrected chi connectivity index (χ3v) is 5.99. The highest BCUT2D eigenvalue weighted by Crippen LogP contribution is 2.30. The van der Waals surface area contributed by atoms with Gasteiger partial charge in [0.2, 0.25) is 0 Å². The topological polar surface area (TPSA) is 105 Å². The fourth-order valence-corrected chi connectivity index (χ4v) is 4.39. The number of carbonyl (C=O) groups excluding carboxylic acids is 2. The summed E-state index contributed by atoms with van der Waals surface area (Å²) >= 11 is 1.22. The van der Waals surface area contributed by atoms with Gasteiger partial charge in [-0.2, -0.15) is 0 Å². The smallest absolute Gasteiger partial charge is 0.262 e. The lowest BCUT2D eigenvalue weighted by atomic mass is 10.1. The largest absolute Gasteiger partial charge is 0.483 e. The number of methoxy groups -OCH3 is 1. The number of nitrogens with one attached hydrogen (secondary N) is 1. The number of hydrogen-bond donors (Lipinski definition) is 1. The summed E-state index contributed by atoms with van der Waals surface area (Å²) in [6.45, 7) is 2.27. The molecule has 3 aromatic rings. The van der Waals surface area contributed by atoms with Crippen LogP contribution in [0.3, 0.4) is 0 Å². The Hall–Kier alpha value is -3.44. The minimum absolute atomic E-state index is 0.00101. The first kappa shape index (κ1) is 23.7. The lowest BCUT2D eigenvalue weighted by Gasteiger charge is -2.18. The Kier molecular flexibility index (Phi) is 7.43. The molecule has 0 fully saturated rings. The van der Waals surface area contributed by atoms with Crippen LogP contribution in [0.15, 0.2) is 47.6 Å². The van der Waals surface area contributed by atoms with Gasteiger partial charge in [-0.15, -0.1) is 10.2 Å². The number of nitrogens with zero attached hydrogens (tertiary/aromatic N) is 3. The minimum atomic E-state index is -0.467. The Balaban J connectivity index is 1.48. The summed E-state index contributed by atoms with van der Waals surface area (Å²) in [7, 11) is 1.59. The number of rotatable bonds is 10. The lowest BCUT2D eigenvalue weighted by Crippen LogP contribution is -2.25. The Morgan fingerprint density at radius 1 is 1.29 bits per heavy atom. The van der Waals surface area contributed by atoms with E-state index in [2.05, 4.69) is 15.5 Å². The first-order chi connectivity index (χ1) is 16.5. The number of carbonyl (C=O) groups is 2. The first-order valence-corrected chi connectivity index (χ1v) is 11.5. The highest BCUT2D eigenvalue weighted by atomic mass is 32.2. The van der Waals surface area contributed by atoms with Crippen LogP contribution in [0.25, 0.3) is 0 Å². The molecule has 4 rings (SSSR count). The van der Waals surface area contributed by atoms with Crippen molar-refractivity contribution in [3.8, 4) is 11.5 Å². The number of hydrogen-bond acceptors (Lipinski definition) is 8. The van der Waals surface area contributed by atoms with Crippen molar-refractivity contribution in [3.63, 3.8) is 0 Å². The Morgan fingerprint density at radius 2 is 2.12 bits per heavy atom. The molecular formula is C23H23FN4O5S. The third kappa shape index (κ3) is 5.37. The zero-order chi connectivity index (χ0) is 24.1. The molecule has 0 saturated heterocycles. The number of ketones is 1. The Labute approximate surface area is 199 Å². The zero-order valence-corrected chi connectivity index (χ0v) is 19.4. The van der Waals surface area contributed by atoms with E-state index in [0.29, 0.717) is 34.6 Å². The van der Waals surface area contributed by atoms with Crippen LogP contribution in [0.5, 0.6) is 11.5 Å². The predicted molar refractivity (Wildman–Crippen MR) is 123 cm³/mol. The number of anilines is 1. The summed E-state index contributed by atoms with van der Waals surface area (Å²) < 4.78 is 31.9. The molecule has 0 aliphatic carbocycles. The Morgan fingerprint density at radius 3 is 2.91 bits per heavy atom. The van der Waals surface area contributed by atoms with Gasteiger partial charge in [0.15, 0.2) is 34.9 Å². The number of thioether (sulfide) groups is 1. The number of ether oxygens (including phenoxy) is 3. The second-order valence-electron chi connectivity index (χ2n) is 7.55. The van der Waals surface area contributed by atoms with Gasteiger partial charge in [-0.05, 0) is 37.3 Å². The van der Waals surface area contributed by atoms with E-state index < -0.39 is 5.82 Å². The predicted octanol–water partition coefficient (Wildman–Crippen LogP) is 3.51. The fourth-order valence-electron chi connectivity index (χ4n) is 3.44. The summed E-state index contributed by atoms with van der Waals surface area (Å²) in [6, 6.07) is 10.9. The van der Waals surface area contributed by atoms with E-state index in [-0.39, 0.29) is 42.4 Å². The van der Waals surface area contributed by atoms with Crippen LogP contribution in [-0.2, 0) is 16.1 Å². The van der Waals surface area contributed by atoms with Gasteiger partial charge in [0.1, 0.15) is 12.4 Å². The summed E-state index contributed by atoms with van der Waals surface area (Å²) in [5.41, 5.74) is 0.910. The molecule has 34 heavy (non-hydrogen) atoms. The molecule has 1 N–H and O–H groups in total. The van der Waals surface area contributed by atoms with E-state index in [9.17, 15) is 14.0 Å². The van der Waals surface area contributed by atoms with E-state index in [1.54, 1.807) is 37.4 Å². The number of para-hydroxylation sites is 1. The maximum absolute atomic E-state index is 13.9. The summed E-state index contributed by atoms with van der Waals surface area (Å²) in [5.74, 6) is 0.338. The summed E-state index contributed by atoms with van der Waals surface area (Å²) in [5, 5.41) is 11.6. The van der Waals surface area contributed by atoms with Gasteiger partial charge >= 0.3 is 0 Å². The van der Waals surface area contributed by atoms with Gasteiger partial charge in [-0.25, -0.2) is 4.39 Å². The highest BCUT2D eigenvalue weighted by Gasteiger charge is 2.21. The number of Topliss-reactive ketones (excluding diaryl/α,β-unsaturated/α-hetero) is 1. The zero-order valence-electron chi connectivity index (χ0n) is 18.6. The average molecular weight is 487 g/mol. The monoisotopic (exact) mass is 486 g/mol. The van der Waals surface area contributed by atoms with E-state index in [1.165, 1.54) is 23.9 Å². The molecule has 2 aromatic carbocycles. The van der Waals surface area contributed by atoms with E-state index in [1.807, 2.05) is 11.5 Å². The van der Waals surface area contributed by atoms with Crippen LogP contribution < -0.4 is 14.8 Å². The molecule has 1 unspecified atom stereocenters. The molecule has 0 radical (unpaired) electrons. The van der Waals surface area contributed by atoms with Crippen molar-refractivity contribution >= 4 is 29.1 Å². The van der Waals surface area contributed by atoms with Gasteiger partial charge in [0.25, 0.3) is 5.91 Å². The molecule has 1 atom stereocenters. The standard InChI is InChI=1S/C23H23FN4O5S/c1-14(10-31-2)28-21(11-32-19-6-4-3-5-16(19)24)26-27-23(28)34-13-18(29)15-7-8-20-17(9-15)25-22(30)12-33-20/h3-9,14H,10-13H2,1-2H3,(H,25,30). The quantitative estimate of drug-likeness (QED) is 0.343. The molecular weight excluding hydrogens is 463 g/mol. The molecule has 178 valence electrons. The van der Waals surface area contributed by atoms with E-state index >= 15 is 0 Å². The second kappa shape index (κ2) is 10.7. The molecule has 1 aliphatic heterocycles.